The Morgan fingerprint density at radius 2 is 2.11 bits per heavy atom. The molecule has 0 saturated carbocycles. The fourth-order valence-electron chi connectivity index (χ4n) is 2.18. The van der Waals surface area contributed by atoms with Gasteiger partial charge in [0.15, 0.2) is 0 Å². The molecule has 1 atom stereocenters. The number of benzene rings is 1. The minimum absolute atomic E-state index is 0.216. The molecule has 1 N–H and O–H groups in total. The summed E-state index contributed by atoms with van der Waals surface area (Å²) in [6.07, 6.45) is 3.58. The minimum Gasteiger partial charge on any atom is -0.393 e. The van der Waals surface area contributed by atoms with Crippen LogP contribution in [0.2, 0.25) is 0 Å². The van der Waals surface area contributed by atoms with E-state index in [0.717, 1.165) is 25.7 Å². The summed E-state index contributed by atoms with van der Waals surface area (Å²) in [5.74, 6) is 0. The monoisotopic (exact) mass is 260 g/mol. The normalized spacial score (nSPS) is 12.6. The Bertz CT molecular complexity index is 462. The van der Waals surface area contributed by atoms with E-state index in [4.69, 9.17) is 0 Å². The van der Waals surface area contributed by atoms with Gasteiger partial charge in [-0.15, -0.1) is 11.3 Å². The Hall–Kier alpha value is -1.12. The Morgan fingerprint density at radius 1 is 1.22 bits per heavy atom. The van der Waals surface area contributed by atoms with Crippen molar-refractivity contribution >= 4 is 11.3 Å². The van der Waals surface area contributed by atoms with Crippen molar-refractivity contribution in [2.45, 2.75) is 38.7 Å². The Labute approximate surface area is 113 Å². The van der Waals surface area contributed by atoms with Gasteiger partial charge in [-0.3, -0.25) is 0 Å². The summed E-state index contributed by atoms with van der Waals surface area (Å²) >= 11 is 1.80. The molecule has 0 aliphatic rings. The molecule has 0 aliphatic heterocycles. The van der Waals surface area contributed by atoms with Gasteiger partial charge in [-0.2, -0.15) is 0 Å². The van der Waals surface area contributed by atoms with Crippen molar-refractivity contribution in [2.24, 2.45) is 0 Å². The number of aliphatic hydroxyl groups excluding tert-OH is 1. The van der Waals surface area contributed by atoms with Gasteiger partial charge in [0, 0.05) is 4.88 Å². The molecule has 1 aromatic carbocycles. The fraction of sp³-hybridized carbons (Fsp3) is 0.375. The van der Waals surface area contributed by atoms with Crippen LogP contribution in [0.5, 0.6) is 0 Å². The van der Waals surface area contributed by atoms with E-state index >= 15 is 0 Å². The predicted octanol–water partition coefficient (Wildman–Crippen LogP) is 3.98. The van der Waals surface area contributed by atoms with E-state index in [9.17, 15) is 5.11 Å². The maximum atomic E-state index is 10.0. The van der Waals surface area contributed by atoms with Gasteiger partial charge >= 0.3 is 0 Å². The van der Waals surface area contributed by atoms with Crippen LogP contribution < -0.4 is 0 Å². The molecule has 1 heterocycles. The molecule has 2 aromatic rings. The van der Waals surface area contributed by atoms with Crippen LogP contribution in [-0.4, -0.2) is 11.2 Å². The van der Waals surface area contributed by atoms with Crippen LogP contribution in [0.25, 0.3) is 0 Å². The van der Waals surface area contributed by atoms with Crippen molar-refractivity contribution < 1.29 is 5.11 Å². The van der Waals surface area contributed by atoms with Crippen LogP contribution in [0.3, 0.4) is 0 Å². The van der Waals surface area contributed by atoms with Gasteiger partial charge in [-0.1, -0.05) is 35.9 Å². The number of thiophene rings is 1. The average Bonchev–Trinajstić information content (AvgIpc) is 2.82. The highest BCUT2D eigenvalue weighted by Crippen LogP contribution is 2.14. The standard InChI is InChI=1S/C16H20OS/c1-13-5-2-6-14(11-13)12-15(17)7-3-8-16-9-4-10-18-16/h2,4-6,9-11,15,17H,3,7-8,12H2,1H3. The highest BCUT2D eigenvalue weighted by atomic mass is 32.1. The van der Waals surface area contributed by atoms with Crippen molar-refractivity contribution in [3.05, 3.63) is 57.8 Å². The summed E-state index contributed by atoms with van der Waals surface area (Å²) < 4.78 is 0. The molecule has 0 fully saturated rings. The van der Waals surface area contributed by atoms with E-state index in [1.54, 1.807) is 11.3 Å². The smallest absolute Gasteiger partial charge is 0.0580 e. The van der Waals surface area contributed by atoms with Gasteiger partial charge < -0.3 is 5.11 Å². The van der Waals surface area contributed by atoms with Crippen LogP contribution >= 0.6 is 11.3 Å². The van der Waals surface area contributed by atoms with Gasteiger partial charge in [-0.05, 0) is 49.6 Å². The van der Waals surface area contributed by atoms with Gasteiger partial charge in [0.25, 0.3) is 0 Å². The first kappa shape index (κ1) is 13.3. The lowest BCUT2D eigenvalue weighted by Crippen LogP contribution is -2.10. The molecule has 2 rings (SSSR count). The van der Waals surface area contributed by atoms with Crippen molar-refractivity contribution in [1.29, 1.82) is 0 Å². The predicted molar refractivity (Wildman–Crippen MR) is 78.1 cm³/mol. The minimum atomic E-state index is -0.216. The maximum Gasteiger partial charge on any atom is 0.0580 e. The van der Waals surface area contributed by atoms with Crippen LogP contribution in [0.4, 0.5) is 0 Å². The van der Waals surface area contributed by atoms with Crippen molar-refractivity contribution in [1.82, 2.24) is 0 Å². The molecular formula is C16H20OS. The van der Waals surface area contributed by atoms with Crippen LogP contribution in [0.1, 0.15) is 28.8 Å². The lowest BCUT2D eigenvalue weighted by Gasteiger charge is -2.10. The topological polar surface area (TPSA) is 20.2 Å². The highest BCUT2D eigenvalue weighted by molar-refractivity contribution is 7.09. The van der Waals surface area contributed by atoms with E-state index in [-0.39, 0.29) is 6.10 Å². The molecule has 1 aromatic heterocycles. The third-order valence-electron chi connectivity index (χ3n) is 3.09. The molecule has 0 spiro atoms. The van der Waals surface area contributed by atoms with E-state index in [0.29, 0.717) is 0 Å². The second-order valence-electron chi connectivity index (χ2n) is 4.82. The first-order chi connectivity index (χ1) is 8.74. The Balaban J connectivity index is 1.73. The second kappa shape index (κ2) is 6.72. The van der Waals surface area contributed by atoms with Crippen molar-refractivity contribution in [3.8, 4) is 0 Å². The third kappa shape index (κ3) is 4.28. The molecule has 96 valence electrons. The van der Waals surface area contributed by atoms with Gasteiger partial charge in [0.05, 0.1) is 6.10 Å². The summed E-state index contributed by atoms with van der Waals surface area (Å²) in [5, 5.41) is 12.1. The molecule has 0 bridgehead atoms. The lowest BCUT2D eigenvalue weighted by molar-refractivity contribution is 0.162. The van der Waals surface area contributed by atoms with Crippen LogP contribution in [0, 0.1) is 6.92 Å². The number of hydrogen-bond donors (Lipinski definition) is 1. The number of aliphatic hydroxyl groups is 1. The summed E-state index contributed by atoms with van der Waals surface area (Å²) in [5.41, 5.74) is 2.50. The summed E-state index contributed by atoms with van der Waals surface area (Å²) in [4.78, 5) is 1.41. The molecule has 1 unspecified atom stereocenters. The molecule has 0 aliphatic carbocycles. The Morgan fingerprint density at radius 3 is 2.83 bits per heavy atom. The SMILES string of the molecule is Cc1cccc(CC(O)CCCc2cccs2)c1. The number of hydrogen-bond acceptors (Lipinski definition) is 2. The van der Waals surface area contributed by atoms with E-state index in [1.165, 1.54) is 16.0 Å². The summed E-state index contributed by atoms with van der Waals surface area (Å²) in [6, 6.07) is 12.6. The highest BCUT2D eigenvalue weighted by Gasteiger charge is 2.06. The van der Waals surface area contributed by atoms with E-state index in [2.05, 4.69) is 48.7 Å². The van der Waals surface area contributed by atoms with Crippen LogP contribution in [-0.2, 0) is 12.8 Å². The third-order valence-corrected chi connectivity index (χ3v) is 4.03. The molecule has 0 radical (unpaired) electrons. The van der Waals surface area contributed by atoms with Gasteiger partial charge in [0.2, 0.25) is 0 Å². The number of aryl methyl sites for hydroxylation is 2. The quantitative estimate of drug-likeness (QED) is 0.833. The zero-order chi connectivity index (χ0) is 12.8. The van der Waals surface area contributed by atoms with Crippen molar-refractivity contribution in [2.75, 3.05) is 0 Å². The first-order valence-corrected chi connectivity index (χ1v) is 7.38. The molecule has 18 heavy (non-hydrogen) atoms. The van der Waals surface area contributed by atoms with E-state index < -0.39 is 0 Å². The molecule has 0 saturated heterocycles. The largest absolute Gasteiger partial charge is 0.393 e. The van der Waals surface area contributed by atoms with Crippen LogP contribution in [0.15, 0.2) is 41.8 Å². The molecule has 0 amide bonds. The molecule has 1 nitrogen and oxygen atoms in total. The summed E-state index contributed by atoms with van der Waals surface area (Å²) in [7, 11) is 0. The second-order valence-corrected chi connectivity index (χ2v) is 5.85. The van der Waals surface area contributed by atoms with E-state index in [1.807, 2.05) is 0 Å². The maximum absolute atomic E-state index is 10.0. The first-order valence-electron chi connectivity index (χ1n) is 6.50. The van der Waals surface area contributed by atoms with Gasteiger partial charge in [-0.25, -0.2) is 0 Å². The zero-order valence-corrected chi connectivity index (χ0v) is 11.6. The lowest BCUT2D eigenvalue weighted by atomic mass is 10.0. The number of rotatable bonds is 6. The zero-order valence-electron chi connectivity index (χ0n) is 10.8. The van der Waals surface area contributed by atoms with Gasteiger partial charge in [0.1, 0.15) is 0 Å². The fourth-order valence-corrected chi connectivity index (χ4v) is 2.93. The molecular weight excluding hydrogens is 240 g/mol. The van der Waals surface area contributed by atoms with Crippen molar-refractivity contribution in [3.63, 3.8) is 0 Å². The summed E-state index contributed by atoms with van der Waals surface area (Å²) in [6.45, 7) is 2.09. The molecule has 2 heteroatoms. The average molecular weight is 260 g/mol. The Kier molecular flexibility index (Phi) is 4.97.